The molecule has 0 rings (SSSR count). The highest BCUT2D eigenvalue weighted by atomic mass is 16.4. The molecule has 0 aliphatic carbocycles. The third-order valence-electron chi connectivity index (χ3n) is 5.30. The van der Waals surface area contributed by atoms with E-state index in [1.165, 1.54) is 11.8 Å². The lowest BCUT2D eigenvalue weighted by molar-refractivity contribution is -0.137. The second kappa shape index (κ2) is 11.8. The molecule has 1 atom stereocenters. The minimum absolute atomic E-state index is 0.0545. The molecular weight excluding hydrogens is 344 g/mol. The Labute approximate surface area is 164 Å². The number of hydrogen-bond donors (Lipinski definition) is 2. The van der Waals surface area contributed by atoms with Crippen molar-refractivity contribution >= 4 is 17.8 Å². The fourth-order valence-corrected chi connectivity index (χ4v) is 3.54. The number of nitrogens with one attached hydrogen (secondary N) is 1. The Morgan fingerprint density at radius 3 is 2.00 bits per heavy atom. The zero-order chi connectivity index (χ0) is 21.2. The number of nitrogens with zero attached hydrogens (tertiary/aromatic N) is 1. The second-order valence-corrected chi connectivity index (χ2v) is 7.71. The average Bonchev–Trinajstić information content (AvgIpc) is 2.62. The summed E-state index contributed by atoms with van der Waals surface area (Å²) >= 11 is 0. The summed E-state index contributed by atoms with van der Waals surface area (Å²) in [5.41, 5.74) is -0.215. The maximum Gasteiger partial charge on any atom is 0.331 e. The van der Waals surface area contributed by atoms with Gasteiger partial charge in [0.25, 0.3) is 0 Å². The Morgan fingerprint density at radius 2 is 1.63 bits per heavy atom. The van der Waals surface area contributed by atoms with Crippen molar-refractivity contribution in [3.63, 3.8) is 0 Å². The highest BCUT2D eigenvalue weighted by Crippen LogP contribution is 2.33. The molecule has 0 aromatic carbocycles. The number of aliphatic carboxylic acids is 1. The van der Waals surface area contributed by atoms with Crippen LogP contribution in [-0.4, -0.2) is 47.4 Å². The summed E-state index contributed by atoms with van der Waals surface area (Å²) in [6.07, 6.45) is 5.80. The van der Waals surface area contributed by atoms with Crippen LogP contribution in [-0.2, 0) is 14.4 Å². The first-order chi connectivity index (χ1) is 12.6. The van der Waals surface area contributed by atoms with Crippen LogP contribution in [0.5, 0.6) is 0 Å². The van der Waals surface area contributed by atoms with E-state index < -0.39 is 11.4 Å². The molecule has 0 saturated carbocycles. The number of hydrogen-bond acceptors (Lipinski definition) is 3. The molecule has 0 unspecified atom stereocenters. The van der Waals surface area contributed by atoms with Crippen molar-refractivity contribution in [3.8, 4) is 0 Å². The SMILES string of the molecule is CCCC(CC)(CCC)C(=O)NCC(=O)N(C)[C@H](/C=C(\C)C(=O)O)C(C)C. The van der Waals surface area contributed by atoms with Gasteiger partial charge in [-0.2, -0.15) is 0 Å². The lowest BCUT2D eigenvalue weighted by Crippen LogP contribution is -2.48. The van der Waals surface area contributed by atoms with Crippen LogP contribution in [0, 0.1) is 11.3 Å². The molecule has 0 aromatic rings. The summed E-state index contributed by atoms with van der Waals surface area (Å²) in [5, 5.41) is 11.9. The molecule has 27 heavy (non-hydrogen) atoms. The molecule has 0 aliphatic heterocycles. The van der Waals surface area contributed by atoms with Gasteiger partial charge in [0, 0.05) is 18.0 Å². The molecule has 2 N–H and O–H groups in total. The van der Waals surface area contributed by atoms with Gasteiger partial charge in [0.1, 0.15) is 0 Å². The van der Waals surface area contributed by atoms with Gasteiger partial charge in [-0.1, -0.05) is 53.5 Å². The standard InChI is InChI=1S/C21H38N2O4/c1-8-11-21(10-3,12-9-2)20(27)22-14-18(24)23(7)17(15(4)5)13-16(6)19(25)26/h13,15,17H,8-12,14H2,1-7H3,(H,22,27)(H,25,26)/b16-13+/t17-/m1/s1. The number of carboxylic acids is 1. The van der Waals surface area contributed by atoms with Crippen molar-refractivity contribution in [2.75, 3.05) is 13.6 Å². The monoisotopic (exact) mass is 382 g/mol. The third kappa shape index (κ3) is 7.35. The molecule has 0 bridgehead atoms. The highest BCUT2D eigenvalue weighted by Gasteiger charge is 2.35. The van der Waals surface area contributed by atoms with E-state index in [1.54, 1.807) is 13.1 Å². The maximum atomic E-state index is 12.8. The largest absolute Gasteiger partial charge is 0.478 e. The second-order valence-electron chi connectivity index (χ2n) is 7.71. The smallest absolute Gasteiger partial charge is 0.331 e. The van der Waals surface area contributed by atoms with E-state index in [0.717, 1.165) is 32.1 Å². The van der Waals surface area contributed by atoms with E-state index in [1.807, 2.05) is 20.8 Å². The molecule has 156 valence electrons. The van der Waals surface area contributed by atoms with Gasteiger partial charge in [0.05, 0.1) is 12.6 Å². The predicted octanol–water partition coefficient (Wildman–Crippen LogP) is 3.61. The minimum Gasteiger partial charge on any atom is -0.478 e. The molecule has 0 heterocycles. The summed E-state index contributed by atoms with van der Waals surface area (Å²) in [4.78, 5) is 38.0. The van der Waals surface area contributed by atoms with Crippen molar-refractivity contribution in [3.05, 3.63) is 11.6 Å². The van der Waals surface area contributed by atoms with Crippen molar-refractivity contribution in [2.45, 2.75) is 79.7 Å². The number of carbonyl (C=O) groups is 3. The minimum atomic E-state index is -0.998. The first-order valence-corrected chi connectivity index (χ1v) is 10.0. The Hall–Kier alpha value is -1.85. The van der Waals surface area contributed by atoms with Crippen LogP contribution in [0.1, 0.15) is 73.6 Å². The van der Waals surface area contributed by atoms with E-state index in [9.17, 15) is 14.4 Å². The molecule has 2 amide bonds. The van der Waals surface area contributed by atoms with Gasteiger partial charge in [0.15, 0.2) is 0 Å². The number of rotatable bonds is 12. The van der Waals surface area contributed by atoms with Crippen LogP contribution in [0.15, 0.2) is 11.6 Å². The van der Waals surface area contributed by atoms with Gasteiger partial charge in [-0.3, -0.25) is 9.59 Å². The van der Waals surface area contributed by atoms with E-state index in [0.29, 0.717) is 0 Å². The van der Waals surface area contributed by atoms with Gasteiger partial charge in [-0.25, -0.2) is 4.79 Å². The Balaban J connectivity index is 5.16. The van der Waals surface area contributed by atoms with Crippen molar-refractivity contribution in [1.29, 1.82) is 0 Å². The first kappa shape index (κ1) is 25.1. The summed E-state index contributed by atoms with van der Waals surface area (Å²) in [6, 6.07) is -0.340. The number of likely N-dealkylation sites (N-methyl/N-ethyl adjacent to an activating group) is 1. The Bertz CT molecular complexity index is 534. The summed E-state index contributed by atoms with van der Waals surface area (Å²) in [7, 11) is 1.65. The van der Waals surface area contributed by atoms with E-state index in [-0.39, 0.29) is 35.9 Å². The number of carboxylic acid groups (broad SMARTS) is 1. The summed E-state index contributed by atoms with van der Waals surface area (Å²) < 4.78 is 0. The van der Waals surface area contributed by atoms with E-state index in [4.69, 9.17) is 5.11 Å². The van der Waals surface area contributed by atoms with Crippen LogP contribution in [0.3, 0.4) is 0 Å². The molecule has 0 aromatic heterocycles. The maximum absolute atomic E-state index is 12.8. The highest BCUT2D eigenvalue weighted by molar-refractivity contribution is 5.88. The lowest BCUT2D eigenvalue weighted by atomic mass is 9.76. The fraction of sp³-hybridized carbons (Fsp3) is 0.762. The number of amides is 2. The van der Waals surface area contributed by atoms with E-state index in [2.05, 4.69) is 19.2 Å². The Kier molecular flexibility index (Phi) is 11.0. The predicted molar refractivity (Wildman–Crippen MR) is 108 cm³/mol. The molecular formula is C21H38N2O4. The van der Waals surface area contributed by atoms with Crippen molar-refractivity contribution < 1.29 is 19.5 Å². The molecule has 0 aliphatic rings. The summed E-state index contributed by atoms with van der Waals surface area (Å²) in [5.74, 6) is -1.23. The molecule has 0 radical (unpaired) electrons. The van der Waals surface area contributed by atoms with Crippen LogP contribution in [0.4, 0.5) is 0 Å². The quantitative estimate of drug-likeness (QED) is 0.505. The third-order valence-corrected chi connectivity index (χ3v) is 5.30. The topological polar surface area (TPSA) is 86.7 Å². The van der Waals surface area contributed by atoms with Gasteiger partial charge >= 0.3 is 5.97 Å². The van der Waals surface area contributed by atoms with Gasteiger partial charge in [-0.05, 0) is 32.1 Å². The number of carbonyl (C=O) groups excluding carboxylic acids is 2. The van der Waals surface area contributed by atoms with Crippen LogP contribution in [0.2, 0.25) is 0 Å². The first-order valence-electron chi connectivity index (χ1n) is 10.0. The molecule has 6 nitrogen and oxygen atoms in total. The van der Waals surface area contributed by atoms with Crippen LogP contribution in [0.25, 0.3) is 0 Å². The van der Waals surface area contributed by atoms with Crippen LogP contribution < -0.4 is 5.32 Å². The molecule has 6 heteroatoms. The zero-order valence-corrected chi connectivity index (χ0v) is 18.1. The molecule has 0 saturated heterocycles. The summed E-state index contributed by atoms with van der Waals surface area (Å²) in [6.45, 7) is 11.5. The van der Waals surface area contributed by atoms with Crippen molar-refractivity contribution in [1.82, 2.24) is 10.2 Å². The van der Waals surface area contributed by atoms with Crippen molar-refractivity contribution in [2.24, 2.45) is 11.3 Å². The van der Waals surface area contributed by atoms with Crippen LogP contribution >= 0.6 is 0 Å². The fourth-order valence-electron chi connectivity index (χ4n) is 3.54. The van der Waals surface area contributed by atoms with Gasteiger partial charge in [0.2, 0.25) is 11.8 Å². The lowest BCUT2D eigenvalue weighted by Gasteiger charge is -2.32. The molecule has 0 spiro atoms. The normalized spacial score (nSPS) is 13.4. The van der Waals surface area contributed by atoms with Gasteiger partial charge < -0.3 is 15.3 Å². The molecule has 0 fully saturated rings. The van der Waals surface area contributed by atoms with E-state index >= 15 is 0 Å². The Morgan fingerprint density at radius 1 is 1.11 bits per heavy atom. The average molecular weight is 383 g/mol. The van der Waals surface area contributed by atoms with Gasteiger partial charge in [-0.15, -0.1) is 0 Å². The zero-order valence-electron chi connectivity index (χ0n) is 18.1.